The van der Waals surface area contributed by atoms with Crippen molar-refractivity contribution in [3.8, 4) is 0 Å². The van der Waals surface area contributed by atoms with Gasteiger partial charge in [0.25, 0.3) is 0 Å². The summed E-state index contributed by atoms with van der Waals surface area (Å²) < 4.78 is 35.3. The van der Waals surface area contributed by atoms with E-state index < -0.39 is 14.9 Å². The quantitative estimate of drug-likeness (QED) is 0.0587. The Morgan fingerprint density at radius 2 is 0.821 bits per heavy atom. The Hall–Kier alpha value is 0.420. The van der Waals surface area contributed by atoms with Crippen molar-refractivity contribution in [1.82, 2.24) is 0 Å². The van der Waals surface area contributed by atoms with Gasteiger partial charge in [0, 0.05) is 6.61 Å². The highest BCUT2D eigenvalue weighted by Gasteiger charge is 2.62. The second-order valence-corrected chi connectivity index (χ2v) is 16.6. The molecule has 236 valence electrons. The van der Waals surface area contributed by atoms with E-state index in [0.717, 1.165) is 38.5 Å². The molecule has 0 heterocycles. The molecule has 0 rings (SSSR count). The molecule has 0 aliphatic rings. The van der Waals surface area contributed by atoms with Crippen LogP contribution < -0.4 is 0 Å². The summed E-state index contributed by atoms with van der Waals surface area (Å²) in [6.07, 6.45) is 25.5. The summed E-state index contributed by atoms with van der Waals surface area (Å²) in [5, 5.41) is 0. The van der Waals surface area contributed by atoms with Gasteiger partial charge in [-0.15, -0.1) is 0 Å². The fraction of sp³-hybridized carbons (Fsp3) is 1.00. The lowest BCUT2D eigenvalue weighted by Gasteiger charge is -2.20. The van der Waals surface area contributed by atoms with Gasteiger partial charge in [0.2, 0.25) is 0 Å². The lowest BCUT2D eigenvalue weighted by molar-refractivity contribution is 0.0887. The van der Waals surface area contributed by atoms with Crippen LogP contribution in [0.15, 0.2) is 0 Å². The summed E-state index contributed by atoms with van der Waals surface area (Å²) in [7, 11) is -8.54. The second-order valence-electron chi connectivity index (χ2n) is 10.8. The van der Waals surface area contributed by atoms with Crippen LogP contribution in [-0.2, 0) is 22.9 Å². The third-order valence-corrected chi connectivity index (χ3v) is 12.1. The molecule has 0 spiro atoms. The highest BCUT2D eigenvalue weighted by molar-refractivity contribution is 8.30. The van der Waals surface area contributed by atoms with E-state index in [2.05, 4.69) is 20.8 Å². The fourth-order valence-corrected chi connectivity index (χ4v) is 7.98. The predicted octanol–water partition coefficient (Wildman–Crippen LogP) is 10.5. The normalized spacial score (nSPS) is 12.4. The molecule has 2 N–H and O–H groups in total. The topological polar surface area (TPSA) is 94.5 Å². The molecule has 0 atom stereocenters. The van der Waals surface area contributed by atoms with Gasteiger partial charge in [0.05, 0.1) is 19.8 Å². The molecule has 0 saturated carbocycles. The van der Waals surface area contributed by atoms with Gasteiger partial charge >= 0.3 is 14.9 Å². The zero-order valence-corrected chi connectivity index (χ0v) is 27.7. The average molecular weight is 600 g/mol. The molecule has 7 nitrogen and oxygen atoms in total. The van der Waals surface area contributed by atoms with Crippen LogP contribution in [0.4, 0.5) is 0 Å². The van der Waals surface area contributed by atoms with E-state index in [1.807, 2.05) is 0 Å². The van der Waals surface area contributed by atoms with Gasteiger partial charge in [-0.25, -0.2) is 4.57 Å². The average Bonchev–Trinajstić information content (AvgIpc) is 2.92. The van der Waals surface area contributed by atoms with E-state index in [0.29, 0.717) is 19.4 Å². The molecule has 0 aromatic carbocycles. The summed E-state index contributed by atoms with van der Waals surface area (Å²) in [6, 6.07) is 0. The van der Waals surface area contributed by atoms with Crippen molar-refractivity contribution in [2.75, 3.05) is 33.0 Å². The Bertz CT molecular complexity index is 519. The number of unbranched alkanes of at least 4 members (excludes halogenated alkanes) is 19. The summed E-state index contributed by atoms with van der Waals surface area (Å²) in [5.41, 5.74) is 0. The SMILES string of the molecule is CCCCCCCCCCCCOP(=O)(OCCCCCCCCCCCC)[P+](O)(O)OCCOCCCC. The van der Waals surface area contributed by atoms with E-state index >= 15 is 0 Å². The first-order chi connectivity index (χ1) is 18.9. The third kappa shape index (κ3) is 23.6. The molecular formula is C30H65O7P2+. The zero-order chi connectivity index (χ0) is 28.9. The Labute approximate surface area is 242 Å². The van der Waals surface area contributed by atoms with Crippen molar-refractivity contribution >= 4 is 14.9 Å². The first-order valence-corrected chi connectivity index (χ1v) is 20.3. The van der Waals surface area contributed by atoms with Crippen LogP contribution in [0.1, 0.15) is 162 Å². The summed E-state index contributed by atoms with van der Waals surface area (Å²) in [5.74, 6) is 0. The summed E-state index contributed by atoms with van der Waals surface area (Å²) in [4.78, 5) is 21.3. The first-order valence-electron chi connectivity index (χ1n) is 16.4. The molecule has 0 amide bonds. The molecule has 0 aromatic rings. The highest BCUT2D eigenvalue weighted by atomic mass is 32.1. The molecule has 0 bridgehead atoms. The standard InChI is InChI=1S/C30H65O7P2/c1-4-7-10-12-14-16-18-20-22-24-27-36-39(33,38(31,32)35-30-29-34-26-9-6-3)37-28-25-23-21-19-17-15-13-11-8-5-2/h31-32H,4-30H2,1-3H3/q+1. The van der Waals surface area contributed by atoms with Crippen LogP contribution in [0.2, 0.25) is 0 Å². The van der Waals surface area contributed by atoms with Gasteiger partial charge in [-0.1, -0.05) is 143 Å². The Morgan fingerprint density at radius 3 is 1.21 bits per heavy atom. The van der Waals surface area contributed by atoms with E-state index in [1.54, 1.807) is 0 Å². The van der Waals surface area contributed by atoms with Crippen LogP contribution in [0.5, 0.6) is 0 Å². The van der Waals surface area contributed by atoms with Crippen LogP contribution in [-0.4, -0.2) is 42.8 Å². The smallest absolute Gasteiger partial charge is 0.379 e. The van der Waals surface area contributed by atoms with E-state index in [1.165, 1.54) is 89.9 Å². The highest BCUT2D eigenvalue weighted by Crippen LogP contribution is 2.86. The molecule has 0 radical (unpaired) electrons. The van der Waals surface area contributed by atoms with Gasteiger partial charge < -0.3 is 4.74 Å². The molecule has 0 aromatic heterocycles. The predicted molar refractivity (Wildman–Crippen MR) is 166 cm³/mol. The van der Waals surface area contributed by atoms with Gasteiger partial charge in [-0.3, -0.25) is 9.05 Å². The largest absolute Gasteiger partial charge is 0.560 e. The molecule has 0 fully saturated rings. The van der Waals surface area contributed by atoms with Gasteiger partial charge in [-0.05, 0) is 19.3 Å². The zero-order valence-electron chi connectivity index (χ0n) is 25.9. The summed E-state index contributed by atoms with van der Waals surface area (Å²) in [6.45, 7) is 7.63. The minimum atomic E-state index is -4.35. The Balaban J connectivity index is 4.37. The number of hydrogen-bond donors (Lipinski definition) is 2. The van der Waals surface area contributed by atoms with Crippen molar-refractivity contribution in [2.45, 2.75) is 162 Å². The van der Waals surface area contributed by atoms with Crippen LogP contribution >= 0.6 is 14.9 Å². The van der Waals surface area contributed by atoms with Crippen molar-refractivity contribution in [3.63, 3.8) is 0 Å². The van der Waals surface area contributed by atoms with Gasteiger partial charge in [-0.2, -0.15) is 14.3 Å². The number of hydrogen-bond acceptors (Lipinski definition) is 7. The molecule has 39 heavy (non-hydrogen) atoms. The minimum Gasteiger partial charge on any atom is -0.379 e. The van der Waals surface area contributed by atoms with Crippen molar-refractivity contribution < 1.29 is 32.7 Å². The number of rotatable bonds is 32. The molecule has 9 heteroatoms. The molecule has 0 saturated heterocycles. The maximum Gasteiger partial charge on any atom is 0.560 e. The molecule has 0 unspecified atom stereocenters. The lowest BCUT2D eigenvalue weighted by atomic mass is 10.1. The maximum absolute atomic E-state index is 13.5. The van der Waals surface area contributed by atoms with E-state index in [-0.39, 0.29) is 26.4 Å². The molecule has 0 aliphatic carbocycles. The van der Waals surface area contributed by atoms with Crippen LogP contribution in [0.25, 0.3) is 0 Å². The lowest BCUT2D eigenvalue weighted by Crippen LogP contribution is -2.10. The summed E-state index contributed by atoms with van der Waals surface area (Å²) >= 11 is 0. The van der Waals surface area contributed by atoms with Crippen molar-refractivity contribution in [3.05, 3.63) is 0 Å². The van der Waals surface area contributed by atoms with Gasteiger partial charge in [0.15, 0.2) is 0 Å². The van der Waals surface area contributed by atoms with E-state index in [4.69, 9.17) is 18.3 Å². The first kappa shape index (κ1) is 39.4. The second kappa shape index (κ2) is 28.5. The third-order valence-electron chi connectivity index (χ3n) is 6.96. The monoisotopic (exact) mass is 599 g/mol. The van der Waals surface area contributed by atoms with Crippen LogP contribution in [0.3, 0.4) is 0 Å². The van der Waals surface area contributed by atoms with Crippen molar-refractivity contribution in [2.24, 2.45) is 0 Å². The Kier molecular flexibility index (Phi) is 28.8. The van der Waals surface area contributed by atoms with E-state index in [9.17, 15) is 14.4 Å². The van der Waals surface area contributed by atoms with Gasteiger partial charge in [0.1, 0.15) is 6.61 Å². The number of ether oxygens (including phenoxy) is 1. The minimum absolute atomic E-state index is 0.0578. The van der Waals surface area contributed by atoms with Crippen LogP contribution in [0, 0.1) is 0 Å². The molecule has 0 aliphatic heterocycles. The fourth-order valence-electron chi connectivity index (χ4n) is 4.36. The van der Waals surface area contributed by atoms with Crippen molar-refractivity contribution in [1.29, 1.82) is 0 Å². The Morgan fingerprint density at radius 1 is 0.462 bits per heavy atom. The maximum atomic E-state index is 13.5. The molecular weight excluding hydrogens is 534 g/mol.